The van der Waals surface area contributed by atoms with Crippen molar-refractivity contribution in [2.24, 2.45) is 0 Å². The summed E-state index contributed by atoms with van der Waals surface area (Å²) < 4.78 is 15.3. The number of carbonyl (C=O) groups is 3. The van der Waals surface area contributed by atoms with Gasteiger partial charge in [-0.2, -0.15) is 0 Å². The number of amides is 2. The van der Waals surface area contributed by atoms with Gasteiger partial charge in [0.1, 0.15) is 5.75 Å². The molecule has 1 aromatic heterocycles. The van der Waals surface area contributed by atoms with Gasteiger partial charge in [0.15, 0.2) is 6.61 Å². The number of ether oxygens (including phenoxy) is 2. The Bertz CT molecular complexity index is 1050. The SMILES string of the molecule is CCOc1ccc(NC(=O)c2ccc(NC(=O)COC(=O)c3occc3C)cc2)cc1. The first kappa shape index (κ1) is 21.6. The molecule has 2 aromatic carbocycles. The van der Waals surface area contributed by atoms with E-state index < -0.39 is 18.5 Å². The van der Waals surface area contributed by atoms with Gasteiger partial charge in [0, 0.05) is 22.5 Å². The summed E-state index contributed by atoms with van der Waals surface area (Å²) in [6.45, 7) is 3.71. The molecule has 0 aliphatic carbocycles. The zero-order chi connectivity index (χ0) is 22.2. The molecule has 2 amide bonds. The first-order chi connectivity index (χ1) is 15.0. The fourth-order valence-corrected chi connectivity index (χ4v) is 2.68. The van der Waals surface area contributed by atoms with Crippen LogP contribution in [0.15, 0.2) is 65.3 Å². The van der Waals surface area contributed by atoms with E-state index in [1.165, 1.54) is 6.26 Å². The van der Waals surface area contributed by atoms with Crippen LogP contribution in [0.1, 0.15) is 33.4 Å². The van der Waals surface area contributed by atoms with E-state index >= 15 is 0 Å². The highest BCUT2D eigenvalue weighted by molar-refractivity contribution is 6.04. The minimum Gasteiger partial charge on any atom is -0.494 e. The Morgan fingerprint density at radius 3 is 2.16 bits per heavy atom. The van der Waals surface area contributed by atoms with Crippen LogP contribution in [0.3, 0.4) is 0 Å². The van der Waals surface area contributed by atoms with Crippen LogP contribution in [0, 0.1) is 6.92 Å². The van der Waals surface area contributed by atoms with Gasteiger partial charge >= 0.3 is 5.97 Å². The summed E-state index contributed by atoms with van der Waals surface area (Å²) >= 11 is 0. The van der Waals surface area contributed by atoms with Crippen LogP contribution in [-0.2, 0) is 9.53 Å². The van der Waals surface area contributed by atoms with Crippen molar-refractivity contribution in [3.63, 3.8) is 0 Å². The largest absolute Gasteiger partial charge is 0.494 e. The number of rotatable bonds is 8. The van der Waals surface area contributed by atoms with Gasteiger partial charge in [-0.05, 0) is 68.4 Å². The zero-order valence-corrected chi connectivity index (χ0v) is 17.1. The van der Waals surface area contributed by atoms with E-state index in [0.29, 0.717) is 29.1 Å². The molecule has 0 saturated heterocycles. The first-order valence-electron chi connectivity index (χ1n) is 9.61. The van der Waals surface area contributed by atoms with Gasteiger partial charge in [-0.1, -0.05) is 0 Å². The number of aryl methyl sites for hydroxylation is 1. The smallest absolute Gasteiger partial charge is 0.375 e. The Labute approximate surface area is 179 Å². The predicted octanol–water partition coefficient (Wildman–Crippen LogP) is 4.03. The van der Waals surface area contributed by atoms with E-state index in [0.717, 1.165) is 5.75 Å². The second-order valence-corrected chi connectivity index (χ2v) is 6.55. The molecule has 0 radical (unpaired) electrons. The summed E-state index contributed by atoms with van der Waals surface area (Å²) in [5.74, 6) is -0.714. The molecule has 8 heteroatoms. The van der Waals surface area contributed by atoms with Gasteiger partial charge in [-0.3, -0.25) is 9.59 Å². The first-order valence-corrected chi connectivity index (χ1v) is 9.61. The molecular weight excluding hydrogens is 400 g/mol. The van der Waals surface area contributed by atoms with Gasteiger partial charge in [0.05, 0.1) is 12.9 Å². The molecule has 0 unspecified atom stereocenters. The third-order valence-corrected chi connectivity index (χ3v) is 4.24. The van der Waals surface area contributed by atoms with Crippen LogP contribution < -0.4 is 15.4 Å². The third kappa shape index (κ3) is 5.96. The highest BCUT2D eigenvalue weighted by Gasteiger charge is 2.16. The number of carbonyl (C=O) groups excluding carboxylic acids is 3. The quantitative estimate of drug-likeness (QED) is 0.531. The van der Waals surface area contributed by atoms with Gasteiger partial charge in [0.2, 0.25) is 5.76 Å². The molecule has 0 spiro atoms. The van der Waals surface area contributed by atoms with Crippen LogP contribution >= 0.6 is 0 Å². The molecule has 0 fully saturated rings. The number of hydrogen-bond acceptors (Lipinski definition) is 6. The topological polar surface area (TPSA) is 107 Å². The number of benzene rings is 2. The summed E-state index contributed by atoms with van der Waals surface area (Å²) in [7, 11) is 0. The lowest BCUT2D eigenvalue weighted by Crippen LogP contribution is -2.21. The second-order valence-electron chi connectivity index (χ2n) is 6.55. The average Bonchev–Trinajstić information content (AvgIpc) is 3.20. The Balaban J connectivity index is 1.49. The monoisotopic (exact) mass is 422 g/mol. The van der Waals surface area contributed by atoms with E-state index in [1.54, 1.807) is 61.5 Å². The maximum absolute atomic E-state index is 12.4. The highest BCUT2D eigenvalue weighted by Crippen LogP contribution is 2.17. The van der Waals surface area contributed by atoms with E-state index in [2.05, 4.69) is 10.6 Å². The third-order valence-electron chi connectivity index (χ3n) is 4.24. The van der Waals surface area contributed by atoms with Crippen LogP contribution in [0.25, 0.3) is 0 Å². The summed E-state index contributed by atoms with van der Waals surface area (Å²) in [6, 6.07) is 15.0. The average molecular weight is 422 g/mol. The lowest BCUT2D eigenvalue weighted by molar-refractivity contribution is -0.119. The fraction of sp³-hybridized carbons (Fsp3) is 0.174. The molecule has 3 rings (SSSR count). The summed E-state index contributed by atoms with van der Waals surface area (Å²) in [6.07, 6.45) is 1.37. The van der Waals surface area contributed by atoms with Crippen molar-refractivity contribution in [1.29, 1.82) is 0 Å². The van der Waals surface area contributed by atoms with Gasteiger partial charge < -0.3 is 24.5 Å². The normalized spacial score (nSPS) is 10.3. The molecule has 1 heterocycles. The Hall–Kier alpha value is -4.07. The molecule has 0 bridgehead atoms. The molecule has 2 N–H and O–H groups in total. The van der Waals surface area contributed by atoms with E-state index in [-0.39, 0.29) is 11.7 Å². The Morgan fingerprint density at radius 2 is 1.55 bits per heavy atom. The molecule has 31 heavy (non-hydrogen) atoms. The van der Waals surface area contributed by atoms with Crippen molar-refractivity contribution >= 4 is 29.2 Å². The van der Waals surface area contributed by atoms with Crippen molar-refractivity contribution in [1.82, 2.24) is 0 Å². The molecule has 0 aliphatic rings. The molecule has 0 aliphatic heterocycles. The van der Waals surface area contributed by atoms with Crippen molar-refractivity contribution < 1.29 is 28.3 Å². The van der Waals surface area contributed by atoms with Crippen LogP contribution in [0.5, 0.6) is 5.75 Å². The number of nitrogens with one attached hydrogen (secondary N) is 2. The Kier molecular flexibility index (Phi) is 7.05. The molecule has 8 nitrogen and oxygen atoms in total. The number of hydrogen-bond donors (Lipinski definition) is 2. The molecule has 3 aromatic rings. The van der Waals surface area contributed by atoms with Gasteiger partial charge in [0.25, 0.3) is 11.8 Å². The number of anilines is 2. The fourth-order valence-electron chi connectivity index (χ4n) is 2.68. The van der Waals surface area contributed by atoms with Crippen molar-refractivity contribution in [2.75, 3.05) is 23.8 Å². The predicted molar refractivity (Wildman–Crippen MR) is 114 cm³/mol. The molecule has 0 atom stereocenters. The van der Waals surface area contributed by atoms with E-state index in [9.17, 15) is 14.4 Å². The summed E-state index contributed by atoms with van der Waals surface area (Å²) in [5, 5.41) is 5.39. The van der Waals surface area contributed by atoms with Crippen LogP contribution in [0.4, 0.5) is 11.4 Å². The van der Waals surface area contributed by atoms with Crippen molar-refractivity contribution in [3.05, 3.63) is 77.7 Å². The molecule has 160 valence electrons. The standard InChI is InChI=1S/C23H22N2O6/c1-3-29-19-10-8-18(9-11-19)25-22(27)16-4-6-17(7-5-16)24-20(26)14-31-23(28)21-15(2)12-13-30-21/h4-13H,3,14H2,1-2H3,(H,24,26)(H,25,27). The molecular formula is C23H22N2O6. The molecule has 0 saturated carbocycles. The van der Waals surface area contributed by atoms with Crippen LogP contribution in [-0.4, -0.2) is 31.0 Å². The number of esters is 1. The maximum atomic E-state index is 12.4. The minimum atomic E-state index is -0.709. The van der Waals surface area contributed by atoms with Crippen molar-refractivity contribution in [2.45, 2.75) is 13.8 Å². The lowest BCUT2D eigenvalue weighted by Gasteiger charge is -2.09. The minimum absolute atomic E-state index is 0.0655. The van der Waals surface area contributed by atoms with Crippen LogP contribution in [0.2, 0.25) is 0 Å². The number of furan rings is 1. The van der Waals surface area contributed by atoms with E-state index in [4.69, 9.17) is 13.9 Å². The maximum Gasteiger partial charge on any atom is 0.375 e. The highest BCUT2D eigenvalue weighted by atomic mass is 16.5. The zero-order valence-electron chi connectivity index (χ0n) is 17.1. The van der Waals surface area contributed by atoms with E-state index in [1.807, 2.05) is 6.92 Å². The van der Waals surface area contributed by atoms with Gasteiger partial charge in [-0.15, -0.1) is 0 Å². The lowest BCUT2D eigenvalue weighted by atomic mass is 10.2. The Morgan fingerprint density at radius 1 is 0.903 bits per heavy atom. The summed E-state index contributed by atoms with van der Waals surface area (Å²) in [5.41, 5.74) is 2.16. The second kappa shape index (κ2) is 10.1. The summed E-state index contributed by atoms with van der Waals surface area (Å²) in [4.78, 5) is 36.2. The van der Waals surface area contributed by atoms with Crippen molar-refractivity contribution in [3.8, 4) is 5.75 Å². The van der Waals surface area contributed by atoms with Gasteiger partial charge in [-0.25, -0.2) is 4.79 Å².